The van der Waals surface area contributed by atoms with E-state index < -0.39 is 5.97 Å². The first-order valence-electron chi connectivity index (χ1n) is 3.84. The second-order valence-corrected chi connectivity index (χ2v) is 2.76. The molecule has 0 aliphatic rings. The molecule has 0 aliphatic heterocycles. The van der Waals surface area contributed by atoms with Gasteiger partial charge >= 0.3 is 5.97 Å². The Bertz CT molecular complexity index is 330. The molecular formula is C8H12N2O3. The summed E-state index contributed by atoms with van der Waals surface area (Å²) in [4.78, 5) is 10.5. The van der Waals surface area contributed by atoms with Crippen LogP contribution in [-0.2, 0) is 18.3 Å². The highest BCUT2D eigenvalue weighted by Gasteiger charge is 2.15. The van der Waals surface area contributed by atoms with Gasteiger partial charge in [-0.2, -0.15) is 5.10 Å². The number of methoxy groups -OCH3 is 1. The third-order valence-electron chi connectivity index (χ3n) is 1.80. The molecule has 1 rings (SSSR count). The number of hydrogen-bond acceptors (Lipinski definition) is 3. The summed E-state index contributed by atoms with van der Waals surface area (Å²) in [6.07, 6.45) is -0.0689. The Kier molecular flexibility index (Phi) is 2.55. The third-order valence-corrected chi connectivity index (χ3v) is 1.80. The molecule has 0 aliphatic carbocycles. The molecule has 0 fully saturated rings. The fourth-order valence-electron chi connectivity index (χ4n) is 1.29. The van der Waals surface area contributed by atoms with Crippen molar-refractivity contribution in [1.82, 2.24) is 9.78 Å². The molecule has 0 bridgehead atoms. The summed E-state index contributed by atoms with van der Waals surface area (Å²) in [5.41, 5.74) is 1.30. The molecule has 0 radical (unpaired) electrons. The van der Waals surface area contributed by atoms with Crippen LogP contribution in [-0.4, -0.2) is 28.0 Å². The average molecular weight is 184 g/mol. The van der Waals surface area contributed by atoms with E-state index in [4.69, 9.17) is 9.84 Å². The lowest BCUT2D eigenvalue weighted by Gasteiger charge is -2.01. The number of carbonyl (C=O) groups is 1. The van der Waals surface area contributed by atoms with Crippen molar-refractivity contribution >= 4 is 5.97 Å². The van der Waals surface area contributed by atoms with E-state index in [2.05, 4.69) is 5.10 Å². The molecule has 0 amide bonds. The van der Waals surface area contributed by atoms with Gasteiger partial charge in [0.15, 0.2) is 5.75 Å². The smallest absolute Gasteiger partial charge is 0.309 e. The molecule has 0 saturated carbocycles. The lowest BCUT2D eigenvalue weighted by atomic mass is 10.2. The molecule has 0 unspecified atom stereocenters. The molecular weight excluding hydrogens is 172 g/mol. The van der Waals surface area contributed by atoms with Crippen LogP contribution >= 0.6 is 0 Å². The Morgan fingerprint density at radius 3 is 2.77 bits per heavy atom. The molecule has 0 atom stereocenters. The Labute approximate surface area is 75.9 Å². The van der Waals surface area contributed by atoms with Gasteiger partial charge in [0.05, 0.1) is 19.2 Å². The van der Waals surface area contributed by atoms with Crippen LogP contribution in [0.3, 0.4) is 0 Å². The van der Waals surface area contributed by atoms with Gasteiger partial charge in [0, 0.05) is 7.05 Å². The summed E-state index contributed by atoms with van der Waals surface area (Å²) in [5.74, 6) is -0.328. The van der Waals surface area contributed by atoms with Gasteiger partial charge in [-0.3, -0.25) is 9.48 Å². The molecule has 5 heteroatoms. The maximum atomic E-state index is 10.5. The molecule has 72 valence electrons. The molecule has 1 N–H and O–H groups in total. The summed E-state index contributed by atoms with van der Waals surface area (Å²) >= 11 is 0. The standard InChI is InChI=1S/C8H12N2O3/c1-5-8(13-3)6(4-7(11)12)10(2)9-5/h4H2,1-3H3,(H,11,12). The van der Waals surface area contributed by atoms with Gasteiger partial charge < -0.3 is 9.84 Å². The van der Waals surface area contributed by atoms with Crippen molar-refractivity contribution in [3.63, 3.8) is 0 Å². The van der Waals surface area contributed by atoms with Gasteiger partial charge in [-0.25, -0.2) is 0 Å². The summed E-state index contributed by atoms with van der Waals surface area (Å²) in [6.45, 7) is 1.78. The molecule has 1 heterocycles. The first-order valence-corrected chi connectivity index (χ1v) is 3.84. The monoisotopic (exact) mass is 184 g/mol. The maximum Gasteiger partial charge on any atom is 0.309 e. The highest BCUT2D eigenvalue weighted by Crippen LogP contribution is 2.22. The second-order valence-electron chi connectivity index (χ2n) is 2.76. The van der Waals surface area contributed by atoms with E-state index in [-0.39, 0.29) is 6.42 Å². The van der Waals surface area contributed by atoms with Gasteiger partial charge in [0.1, 0.15) is 5.69 Å². The first kappa shape index (κ1) is 9.57. The van der Waals surface area contributed by atoms with Gasteiger partial charge in [-0.1, -0.05) is 0 Å². The van der Waals surface area contributed by atoms with E-state index in [1.54, 1.807) is 14.0 Å². The lowest BCUT2D eigenvalue weighted by Crippen LogP contribution is -2.07. The van der Waals surface area contributed by atoms with E-state index >= 15 is 0 Å². The summed E-state index contributed by atoms with van der Waals surface area (Å²) in [7, 11) is 3.21. The van der Waals surface area contributed by atoms with Crippen molar-refractivity contribution in [2.75, 3.05) is 7.11 Å². The van der Waals surface area contributed by atoms with Crippen molar-refractivity contribution in [2.45, 2.75) is 13.3 Å². The summed E-state index contributed by atoms with van der Waals surface area (Å²) < 4.78 is 6.58. The highest BCUT2D eigenvalue weighted by molar-refractivity contribution is 5.70. The zero-order chi connectivity index (χ0) is 10.0. The largest absolute Gasteiger partial charge is 0.493 e. The highest BCUT2D eigenvalue weighted by atomic mass is 16.5. The molecule has 5 nitrogen and oxygen atoms in total. The topological polar surface area (TPSA) is 64.4 Å². The number of carboxylic acid groups (broad SMARTS) is 1. The van der Waals surface area contributed by atoms with Gasteiger partial charge in [-0.15, -0.1) is 0 Å². The average Bonchev–Trinajstić information content (AvgIpc) is 2.26. The molecule has 0 spiro atoms. The van der Waals surface area contributed by atoms with Crippen LogP contribution in [0.15, 0.2) is 0 Å². The van der Waals surface area contributed by atoms with Crippen LogP contribution in [0, 0.1) is 6.92 Å². The first-order chi connectivity index (χ1) is 6.06. The number of aryl methyl sites for hydroxylation is 2. The molecule has 13 heavy (non-hydrogen) atoms. The van der Waals surface area contributed by atoms with Gasteiger partial charge in [0.2, 0.25) is 0 Å². The van der Waals surface area contributed by atoms with E-state index in [0.717, 1.165) is 0 Å². The Balaban J connectivity index is 3.09. The number of carboxylic acids is 1. The van der Waals surface area contributed by atoms with Crippen molar-refractivity contribution in [1.29, 1.82) is 0 Å². The van der Waals surface area contributed by atoms with E-state index in [9.17, 15) is 4.79 Å². The quantitative estimate of drug-likeness (QED) is 0.736. The van der Waals surface area contributed by atoms with Crippen LogP contribution in [0.25, 0.3) is 0 Å². The zero-order valence-corrected chi connectivity index (χ0v) is 7.87. The summed E-state index contributed by atoms with van der Waals surface area (Å²) in [6, 6.07) is 0. The molecule has 0 saturated heterocycles. The van der Waals surface area contributed by atoms with Crippen LogP contribution in [0.2, 0.25) is 0 Å². The van der Waals surface area contributed by atoms with Crippen molar-refractivity contribution in [2.24, 2.45) is 7.05 Å². The van der Waals surface area contributed by atoms with Crippen LogP contribution in [0.1, 0.15) is 11.4 Å². The minimum atomic E-state index is -0.888. The molecule has 1 aromatic rings. The van der Waals surface area contributed by atoms with Crippen molar-refractivity contribution in [3.8, 4) is 5.75 Å². The van der Waals surface area contributed by atoms with E-state index in [0.29, 0.717) is 17.1 Å². The normalized spacial score (nSPS) is 10.1. The number of ether oxygens (including phenoxy) is 1. The number of hydrogen-bond donors (Lipinski definition) is 1. The second kappa shape index (κ2) is 3.47. The Morgan fingerprint density at radius 2 is 2.31 bits per heavy atom. The zero-order valence-electron chi connectivity index (χ0n) is 7.87. The third kappa shape index (κ3) is 1.80. The minimum Gasteiger partial charge on any atom is -0.493 e. The predicted octanol–water partition coefficient (Wildman–Crippen LogP) is 0.364. The van der Waals surface area contributed by atoms with Gasteiger partial charge in [-0.05, 0) is 6.92 Å². The van der Waals surface area contributed by atoms with Gasteiger partial charge in [0.25, 0.3) is 0 Å². The van der Waals surface area contributed by atoms with Crippen LogP contribution < -0.4 is 4.74 Å². The lowest BCUT2D eigenvalue weighted by molar-refractivity contribution is -0.136. The Hall–Kier alpha value is -1.52. The predicted molar refractivity (Wildman–Crippen MR) is 45.8 cm³/mol. The maximum absolute atomic E-state index is 10.5. The number of aromatic nitrogens is 2. The minimum absolute atomic E-state index is 0.0689. The number of aliphatic carboxylic acids is 1. The SMILES string of the molecule is COc1c(C)nn(C)c1CC(=O)O. The summed E-state index contributed by atoms with van der Waals surface area (Å²) in [5, 5.41) is 12.7. The number of rotatable bonds is 3. The fraction of sp³-hybridized carbons (Fsp3) is 0.500. The number of nitrogens with zero attached hydrogens (tertiary/aromatic N) is 2. The van der Waals surface area contributed by atoms with E-state index in [1.807, 2.05) is 0 Å². The van der Waals surface area contributed by atoms with E-state index in [1.165, 1.54) is 11.8 Å². The Morgan fingerprint density at radius 1 is 1.69 bits per heavy atom. The van der Waals surface area contributed by atoms with Crippen LogP contribution in [0.4, 0.5) is 0 Å². The van der Waals surface area contributed by atoms with Crippen molar-refractivity contribution in [3.05, 3.63) is 11.4 Å². The molecule has 0 aromatic carbocycles. The van der Waals surface area contributed by atoms with Crippen molar-refractivity contribution < 1.29 is 14.6 Å². The van der Waals surface area contributed by atoms with Crippen LogP contribution in [0.5, 0.6) is 5.75 Å². The molecule has 1 aromatic heterocycles. The fourth-order valence-corrected chi connectivity index (χ4v) is 1.29.